The third kappa shape index (κ3) is 8.46. The van der Waals surface area contributed by atoms with E-state index in [4.69, 9.17) is 9.84 Å². The number of hydrogen-bond donors (Lipinski definition) is 4. The molecule has 0 aliphatic rings. The fourth-order valence-corrected chi connectivity index (χ4v) is 2.29. The summed E-state index contributed by atoms with van der Waals surface area (Å²) >= 11 is 0. The van der Waals surface area contributed by atoms with E-state index in [9.17, 15) is 18.0 Å². The molecule has 0 heterocycles. The van der Waals surface area contributed by atoms with E-state index in [-0.39, 0.29) is 6.54 Å². The van der Waals surface area contributed by atoms with Crippen LogP contribution in [-0.2, 0) is 26.3 Å². The van der Waals surface area contributed by atoms with Crippen molar-refractivity contribution in [2.24, 2.45) is 0 Å². The Morgan fingerprint density at radius 3 is 2.21 bits per heavy atom. The summed E-state index contributed by atoms with van der Waals surface area (Å²) in [4.78, 5) is 21.9. The van der Waals surface area contributed by atoms with Crippen molar-refractivity contribution in [1.29, 1.82) is 0 Å². The van der Waals surface area contributed by atoms with Gasteiger partial charge in [0.05, 0.1) is 0 Å². The number of anilines is 1. The van der Waals surface area contributed by atoms with Gasteiger partial charge in [-0.05, 0) is 38.5 Å². The standard InChI is InChI=1S/C14H21N3O6S/c1-14(2,3)23-13(20)17-11-6-4-10(5-7-11)8-15-24(21,22)16-9-12(18)19/h4-7,15-16H,8-9H2,1-3H3,(H,17,20)(H,18,19). The maximum Gasteiger partial charge on any atom is 0.412 e. The molecule has 0 saturated heterocycles. The second-order valence-corrected chi connectivity index (χ2v) is 7.45. The first-order valence-corrected chi connectivity index (χ1v) is 8.50. The van der Waals surface area contributed by atoms with Gasteiger partial charge in [0.15, 0.2) is 0 Å². The van der Waals surface area contributed by atoms with Crippen LogP contribution in [-0.4, -0.2) is 37.7 Å². The molecule has 0 atom stereocenters. The SMILES string of the molecule is CC(C)(C)OC(=O)Nc1ccc(CNS(=O)(=O)NCC(=O)O)cc1. The van der Waals surface area contributed by atoms with E-state index in [1.54, 1.807) is 45.0 Å². The summed E-state index contributed by atoms with van der Waals surface area (Å²) in [5, 5.41) is 11.0. The molecule has 9 nitrogen and oxygen atoms in total. The van der Waals surface area contributed by atoms with Gasteiger partial charge in [0, 0.05) is 12.2 Å². The van der Waals surface area contributed by atoms with Crippen molar-refractivity contribution in [1.82, 2.24) is 9.44 Å². The first-order valence-electron chi connectivity index (χ1n) is 7.02. The average Bonchev–Trinajstić information content (AvgIpc) is 2.43. The summed E-state index contributed by atoms with van der Waals surface area (Å²) in [5.74, 6) is -1.28. The Morgan fingerprint density at radius 2 is 1.71 bits per heavy atom. The van der Waals surface area contributed by atoms with Crippen LogP contribution in [0.1, 0.15) is 26.3 Å². The Labute approximate surface area is 140 Å². The highest BCUT2D eigenvalue weighted by Crippen LogP contribution is 2.13. The van der Waals surface area contributed by atoms with E-state index >= 15 is 0 Å². The Hall–Kier alpha value is -2.17. The molecule has 0 saturated carbocycles. The van der Waals surface area contributed by atoms with E-state index in [2.05, 4.69) is 10.0 Å². The highest BCUT2D eigenvalue weighted by Gasteiger charge is 2.16. The molecule has 0 bridgehead atoms. The van der Waals surface area contributed by atoms with Crippen LogP contribution in [0.25, 0.3) is 0 Å². The van der Waals surface area contributed by atoms with E-state index in [1.807, 2.05) is 4.72 Å². The first-order chi connectivity index (χ1) is 11.0. The van der Waals surface area contributed by atoms with Crippen LogP contribution in [0, 0.1) is 0 Å². The predicted molar refractivity (Wildman–Crippen MR) is 87.7 cm³/mol. The quantitative estimate of drug-likeness (QED) is 0.575. The van der Waals surface area contributed by atoms with Crippen LogP contribution in [0.2, 0.25) is 0 Å². The fourth-order valence-electron chi connectivity index (χ4n) is 1.51. The smallest absolute Gasteiger partial charge is 0.412 e. The van der Waals surface area contributed by atoms with E-state index in [0.29, 0.717) is 11.3 Å². The van der Waals surface area contributed by atoms with Gasteiger partial charge in [0.2, 0.25) is 0 Å². The zero-order valence-corrected chi connectivity index (χ0v) is 14.4. The topological polar surface area (TPSA) is 134 Å². The predicted octanol–water partition coefficient (Wildman–Crippen LogP) is 1.04. The molecule has 0 aliphatic carbocycles. The Bertz CT molecular complexity index is 679. The molecule has 134 valence electrons. The average molecular weight is 359 g/mol. The molecular formula is C14H21N3O6S. The zero-order valence-electron chi connectivity index (χ0n) is 13.6. The zero-order chi connectivity index (χ0) is 18.4. The number of carbonyl (C=O) groups is 2. The van der Waals surface area contributed by atoms with Crippen molar-refractivity contribution >= 4 is 28.0 Å². The minimum absolute atomic E-state index is 0.0261. The summed E-state index contributed by atoms with van der Waals surface area (Å²) in [7, 11) is -3.89. The maximum atomic E-state index is 11.6. The number of nitrogens with one attached hydrogen (secondary N) is 3. The van der Waals surface area contributed by atoms with Gasteiger partial charge in [-0.3, -0.25) is 10.1 Å². The molecular weight excluding hydrogens is 338 g/mol. The number of benzene rings is 1. The molecule has 1 rings (SSSR count). The molecule has 0 aromatic heterocycles. The Morgan fingerprint density at radius 1 is 1.12 bits per heavy atom. The van der Waals surface area contributed by atoms with Gasteiger partial charge in [-0.2, -0.15) is 17.9 Å². The van der Waals surface area contributed by atoms with Crippen LogP contribution in [0.4, 0.5) is 10.5 Å². The molecule has 0 fully saturated rings. The number of carbonyl (C=O) groups excluding carboxylic acids is 1. The normalized spacial score (nSPS) is 11.8. The number of carboxylic acid groups (broad SMARTS) is 1. The van der Waals surface area contributed by atoms with Crippen LogP contribution in [0.3, 0.4) is 0 Å². The summed E-state index contributed by atoms with van der Waals surface area (Å²) in [5.41, 5.74) is 0.524. The molecule has 0 aliphatic heterocycles. The first kappa shape index (κ1) is 19.9. The van der Waals surface area contributed by atoms with Gasteiger partial charge in [0.1, 0.15) is 12.1 Å². The molecule has 0 radical (unpaired) electrons. The van der Waals surface area contributed by atoms with E-state index < -0.39 is 34.4 Å². The van der Waals surface area contributed by atoms with E-state index in [1.165, 1.54) is 0 Å². The number of carboxylic acids is 1. The number of ether oxygens (including phenoxy) is 1. The van der Waals surface area contributed by atoms with Crippen LogP contribution < -0.4 is 14.8 Å². The van der Waals surface area contributed by atoms with Gasteiger partial charge in [-0.1, -0.05) is 12.1 Å². The third-order valence-electron chi connectivity index (χ3n) is 2.48. The number of rotatable bonds is 7. The molecule has 0 unspecified atom stereocenters. The fraction of sp³-hybridized carbons (Fsp3) is 0.429. The highest BCUT2D eigenvalue weighted by atomic mass is 32.2. The van der Waals surface area contributed by atoms with Gasteiger partial charge < -0.3 is 9.84 Å². The van der Waals surface area contributed by atoms with Crippen LogP contribution in [0.5, 0.6) is 0 Å². The minimum atomic E-state index is -3.89. The lowest BCUT2D eigenvalue weighted by Crippen LogP contribution is -2.38. The van der Waals surface area contributed by atoms with Gasteiger partial charge >= 0.3 is 12.1 Å². The van der Waals surface area contributed by atoms with Crippen molar-refractivity contribution in [3.05, 3.63) is 29.8 Å². The Kier molecular flexibility index (Phi) is 6.70. The molecule has 1 aromatic carbocycles. The molecule has 4 N–H and O–H groups in total. The van der Waals surface area contributed by atoms with Gasteiger partial charge in [-0.15, -0.1) is 0 Å². The number of amides is 1. The molecule has 10 heteroatoms. The molecule has 0 spiro atoms. The lowest BCUT2D eigenvalue weighted by Gasteiger charge is -2.19. The third-order valence-corrected chi connectivity index (χ3v) is 3.53. The minimum Gasteiger partial charge on any atom is -0.480 e. The number of hydrogen-bond acceptors (Lipinski definition) is 5. The molecule has 1 aromatic rings. The van der Waals surface area contributed by atoms with Crippen LogP contribution >= 0.6 is 0 Å². The Balaban J connectivity index is 2.53. The summed E-state index contributed by atoms with van der Waals surface area (Å²) < 4.78 is 32.2. The molecule has 1 amide bonds. The second-order valence-electron chi connectivity index (χ2n) is 5.86. The maximum absolute atomic E-state index is 11.6. The summed E-state index contributed by atoms with van der Waals surface area (Å²) in [6.07, 6.45) is -0.589. The van der Waals surface area contributed by atoms with Crippen molar-refractivity contribution in [3.8, 4) is 0 Å². The van der Waals surface area contributed by atoms with Crippen molar-refractivity contribution < 1.29 is 27.9 Å². The summed E-state index contributed by atoms with van der Waals surface area (Å²) in [6, 6.07) is 6.43. The van der Waals surface area contributed by atoms with Crippen LogP contribution in [0.15, 0.2) is 24.3 Å². The van der Waals surface area contributed by atoms with Crippen molar-refractivity contribution in [2.45, 2.75) is 32.9 Å². The molecule has 24 heavy (non-hydrogen) atoms. The lowest BCUT2D eigenvalue weighted by molar-refractivity contribution is -0.135. The van der Waals surface area contributed by atoms with E-state index in [0.717, 1.165) is 0 Å². The second kappa shape index (κ2) is 8.08. The highest BCUT2D eigenvalue weighted by molar-refractivity contribution is 7.87. The summed E-state index contributed by atoms with van der Waals surface area (Å²) in [6.45, 7) is 4.52. The monoisotopic (exact) mass is 359 g/mol. The van der Waals surface area contributed by atoms with Gasteiger partial charge in [-0.25, -0.2) is 4.79 Å². The lowest BCUT2D eigenvalue weighted by atomic mass is 10.2. The van der Waals surface area contributed by atoms with Crippen molar-refractivity contribution in [3.63, 3.8) is 0 Å². The number of aliphatic carboxylic acids is 1. The van der Waals surface area contributed by atoms with Gasteiger partial charge in [0.25, 0.3) is 10.2 Å². The largest absolute Gasteiger partial charge is 0.480 e. The van der Waals surface area contributed by atoms with Crippen molar-refractivity contribution in [2.75, 3.05) is 11.9 Å².